The number of hydrazone groups is 1. The Morgan fingerprint density at radius 1 is 1.40 bits per heavy atom. The van der Waals surface area contributed by atoms with E-state index >= 15 is 0 Å². The fourth-order valence-electron chi connectivity index (χ4n) is 1.91. The van der Waals surface area contributed by atoms with Gasteiger partial charge in [0, 0.05) is 11.6 Å². The molecule has 0 saturated heterocycles. The number of rotatable bonds is 6. The lowest BCUT2D eigenvalue weighted by molar-refractivity contribution is -0.384. The number of halogens is 1. The number of nitro benzene ring substituents is 1. The summed E-state index contributed by atoms with van der Waals surface area (Å²) in [5, 5.41) is 24.2. The summed E-state index contributed by atoms with van der Waals surface area (Å²) in [7, 11) is 0. The number of nitrogens with one attached hydrogen (secondary N) is 1. The van der Waals surface area contributed by atoms with Gasteiger partial charge >= 0.3 is 0 Å². The molecule has 2 N–H and O–H groups in total. The molecule has 8 nitrogen and oxygen atoms in total. The zero-order valence-corrected chi connectivity index (χ0v) is 13.9. The number of ether oxygens (including phenoxy) is 1. The Balaban J connectivity index is 2.09. The van der Waals surface area contributed by atoms with E-state index in [0.29, 0.717) is 17.9 Å². The Morgan fingerprint density at radius 3 is 2.84 bits per heavy atom. The first-order valence-electron chi connectivity index (χ1n) is 7.15. The summed E-state index contributed by atoms with van der Waals surface area (Å²) in [6.45, 7) is 2.17. The van der Waals surface area contributed by atoms with Crippen LogP contribution >= 0.6 is 11.6 Å². The highest BCUT2D eigenvalue weighted by Gasteiger charge is 2.15. The van der Waals surface area contributed by atoms with Gasteiger partial charge in [0.1, 0.15) is 5.02 Å². The number of nitrogens with zero attached hydrogens (tertiary/aromatic N) is 2. The van der Waals surface area contributed by atoms with Gasteiger partial charge in [-0.2, -0.15) is 5.10 Å². The van der Waals surface area contributed by atoms with Crippen molar-refractivity contribution in [3.63, 3.8) is 0 Å². The number of carbonyl (C=O) groups excluding carboxylic acids is 1. The van der Waals surface area contributed by atoms with Crippen LogP contribution in [-0.4, -0.2) is 28.8 Å². The first-order chi connectivity index (χ1) is 11.9. The number of nitro groups is 1. The first-order valence-corrected chi connectivity index (χ1v) is 7.53. The van der Waals surface area contributed by atoms with Crippen molar-refractivity contribution in [3.05, 3.63) is 62.7 Å². The van der Waals surface area contributed by atoms with Crippen LogP contribution in [0.15, 0.2) is 41.5 Å². The van der Waals surface area contributed by atoms with Gasteiger partial charge in [0.05, 0.1) is 17.7 Å². The number of carbonyl (C=O) groups is 1. The van der Waals surface area contributed by atoms with E-state index in [1.165, 1.54) is 24.4 Å². The second-order valence-electron chi connectivity index (χ2n) is 4.78. The summed E-state index contributed by atoms with van der Waals surface area (Å²) in [4.78, 5) is 22.2. The molecule has 0 fully saturated rings. The average molecular weight is 364 g/mol. The Bertz CT molecular complexity index is 839. The average Bonchev–Trinajstić information content (AvgIpc) is 2.58. The second kappa shape index (κ2) is 8.11. The monoisotopic (exact) mass is 363 g/mol. The fraction of sp³-hybridized carbons (Fsp3) is 0.125. The molecule has 9 heteroatoms. The normalized spacial score (nSPS) is 10.6. The number of hydrogen-bond donors (Lipinski definition) is 2. The van der Waals surface area contributed by atoms with Crippen LogP contribution in [0.4, 0.5) is 5.69 Å². The maximum Gasteiger partial charge on any atom is 0.288 e. The molecule has 0 radical (unpaired) electrons. The maximum atomic E-state index is 12.0. The van der Waals surface area contributed by atoms with Crippen LogP contribution in [0, 0.1) is 10.1 Å². The van der Waals surface area contributed by atoms with Crippen LogP contribution in [0.1, 0.15) is 22.8 Å². The molecule has 1 amide bonds. The van der Waals surface area contributed by atoms with Crippen LogP contribution < -0.4 is 10.2 Å². The predicted octanol–water partition coefficient (Wildman–Crippen LogP) is 3.12. The third-order valence-electron chi connectivity index (χ3n) is 3.07. The third kappa shape index (κ3) is 4.67. The molecule has 2 rings (SSSR count). The van der Waals surface area contributed by atoms with Crippen LogP contribution in [0.2, 0.25) is 5.02 Å². The van der Waals surface area contributed by atoms with Gasteiger partial charge in [-0.3, -0.25) is 14.9 Å². The standard InChI is InChI=1S/C16H14ClN3O5/c1-2-25-15-7-10(3-6-14(15)21)9-18-19-16(22)11-4-5-12(17)13(8-11)20(23)24/h3-9,21H,2H2,1H3,(H,19,22)/b18-9-. The number of benzene rings is 2. The number of phenols is 1. The zero-order valence-electron chi connectivity index (χ0n) is 13.1. The summed E-state index contributed by atoms with van der Waals surface area (Å²) in [5.74, 6) is -0.331. The lowest BCUT2D eigenvalue weighted by atomic mass is 10.2. The zero-order chi connectivity index (χ0) is 18.4. The van der Waals surface area contributed by atoms with Crippen LogP contribution in [-0.2, 0) is 0 Å². The number of phenolic OH excluding ortho intramolecular Hbond substituents is 1. The molecule has 130 valence electrons. The van der Waals surface area contributed by atoms with Gasteiger partial charge in [-0.05, 0) is 42.8 Å². The largest absolute Gasteiger partial charge is 0.504 e. The highest BCUT2D eigenvalue weighted by Crippen LogP contribution is 2.26. The van der Waals surface area contributed by atoms with Crippen molar-refractivity contribution in [2.75, 3.05) is 6.61 Å². The van der Waals surface area contributed by atoms with E-state index in [4.69, 9.17) is 16.3 Å². The molecule has 0 heterocycles. The summed E-state index contributed by atoms with van der Waals surface area (Å²) in [6.07, 6.45) is 1.35. The SMILES string of the molecule is CCOc1cc(/C=N\NC(=O)c2ccc(Cl)c([N+](=O)[O-])c2)ccc1O. The fourth-order valence-corrected chi connectivity index (χ4v) is 2.09. The molecule has 0 unspecified atom stereocenters. The van der Waals surface area contributed by atoms with Gasteiger partial charge in [0.15, 0.2) is 11.5 Å². The van der Waals surface area contributed by atoms with Gasteiger partial charge in [0.2, 0.25) is 0 Å². The minimum Gasteiger partial charge on any atom is -0.504 e. The molecule has 25 heavy (non-hydrogen) atoms. The summed E-state index contributed by atoms with van der Waals surface area (Å²) in [6, 6.07) is 8.28. The van der Waals surface area contributed by atoms with Gasteiger partial charge in [-0.1, -0.05) is 11.6 Å². The van der Waals surface area contributed by atoms with E-state index in [2.05, 4.69) is 10.5 Å². The molecular formula is C16H14ClN3O5. The van der Waals surface area contributed by atoms with Crippen LogP contribution in [0.5, 0.6) is 11.5 Å². The lowest BCUT2D eigenvalue weighted by Gasteiger charge is -2.06. The Kier molecular flexibility index (Phi) is 5.91. The molecule has 2 aromatic carbocycles. The minimum absolute atomic E-state index is 0.00323. The van der Waals surface area contributed by atoms with E-state index in [-0.39, 0.29) is 22.0 Å². The van der Waals surface area contributed by atoms with E-state index in [9.17, 15) is 20.0 Å². The molecule has 2 aromatic rings. The van der Waals surface area contributed by atoms with Crippen molar-refractivity contribution in [2.45, 2.75) is 6.92 Å². The molecule has 0 aliphatic rings. The van der Waals surface area contributed by atoms with Crippen molar-refractivity contribution < 1.29 is 19.6 Å². The first kappa shape index (κ1) is 18.2. The molecule has 0 bridgehead atoms. The predicted molar refractivity (Wildman–Crippen MR) is 92.4 cm³/mol. The lowest BCUT2D eigenvalue weighted by Crippen LogP contribution is -2.17. The van der Waals surface area contributed by atoms with Crippen molar-refractivity contribution in [1.29, 1.82) is 0 Å². The number of hydrogen-bond acceptors (Lipinski definition) is 6. The Hall–Kier alpha value is -3.13. The van der Waals surface area contributed by atoms with Gasteiger partial charge in [0.25, 0.3) is 11.6 Å². The summed E-state index contributed by atoms with van der Waals surface area (Å²) >= 11 is 5.70. The van der Waals surface area contributed by atoms with Crippen molar-refractivity contribution in [1.82, 2.24) is 5.43 Å². The highest BCUT2D eigenvalue weighted by atomic mass is 35.5. The second-order valence-corrected chi connectivity index (χ2v) is 5.19. The summed E-state index contributed by atoms with van der Waals surface area (Å²) < 4.78 is 5.25. The third-order valence-corrected chi connectivity index (χ3v) is 3.39. The molecule has 0 saturated carbocycles. The van der Waals surface area contributed by atoms with Gasteiger partial charge in [-0.25, -0.2) is 5.43 Å². The molecule has 0 spiro atoms. The van der Waals surface area contributed by atoms with Crippen LogP contribution in [0.25, 0.3) is 0 Å². The topological polar surface area (TPSA) is 114 Å². The van der Waals surface area contributed by atoms with Crippen molar-refractivity contribution in [3.8, 4) is 11.5 Å². The molecular weight excluding hydrogens is 350 g/mol. The molecule has 0 aliphatic heterocycles. The van der Waals surface area contributed by atoms with E-state index in [0.717, 1.165) is 6.07 Å². The Morgan fingerprint density at radius 2 is 2.16 bits per heavy atom. The Labute approximate surface area is 147 Å². The number of amides is 1. The molecule has 0 aromatic heterocycles. The molecule has 0 atom stereocenters. The quantitative estimate of drug-likeness (QED) is 0.465. The smallest absolute Gasteiger partial charge is 0.288 e. The minimum atomic E-state index is -0.673. The van der Waals surface area contributed by atoms with Gasteiger partial charge < -0.3 is 9.84 Å². The van der Waals surface area contributed by atoms with Crippen LogP contribution in [0.3, 0.4) is 0 Å². The van der Waals surface area contributed by atoms with Crippen molar-refractivity contribution in [2.24, 2.45) is 5.10 Å². The summed E-state index contributed by atoms with van der Waals surface area (Å²) in [5.41, 5.74) is 2.53. The van der Waals surface area contributed by atoms with E-state index in [1.807, 2.05) is 0 Å². The van der Waals surface area contributed by atoms with E-state index in [1.54, 1.807) is 19.1 Å². The molecule has 0 aliphatic carbocycles. The van der Waals surface area contributed by atoms with E-state index < -0.39 is 10.8 Å². The maximum absolute atomic E-state index is 12.0. The van der Waals surface area contributed by atoms with Gasteiger partial charge in [-0.15, -0.1) is 0 Å². The number of aromatic hydroxyl groups is 1. The highest BCUT2D eigenvalue weighted by molar-refractivity contribution is 6.32. The van der Waals surface area contributed by atoms with Crippen molar-refractivity contribution >= 4 is 29.4 Å².